The van der Waals surface area contributed by atoms with Crippen LogP contribution in [-0.2, 0) is 33.0 Å². The molecule has 0 bridgehead atoms. The molecule has 43 heavy (non-hydrogen) atoms. The van der Waals surface area contributed by atoms with Crippen LogP contribution in [0.1, 0.15) is 47.1 Å². The van der Waals surface area contributed by atoms with Gasteiger partial charge in [0.25, 0.3) is 11.5 Å². The van der Waals surface area contributed by atoms with E-state index in [9.17, 15) is 19.8 Å². The second-order valence-corrected chi connectivity index (χ2v) is 12.2. The van der Waals surface area contributed by atoms with Crippen LogP contribution >= 0.6 is 0 Å². The normalized spacial score (nSPS) is 17.3. The number of nitrogens with one attached hydrogen (secondary N) is 1. The Hall–Kier alpha value is -4.41. The maximum Gasteiger partial charge on any atom is 0.274 e. The second-order valence-electron chi connectivity index (χ2n) is 12.2. The highest BCUT2D eigenvalue weighted by Crippen LogP contribution is 2.36. The fourth-order valence-electron chi connectivity index (χ4n) is 6.82. The summed E-state index contributed by atoms with van der Waals surface area (Å²) in [6.07, 6.45) is 7.82. The first-order chi connectivity index (χ1) is 20.7. The zero-order valence-electron chi connectivity index (χ0n) is 24.5. The van der Waals surface area contributed by atoms with Crippen molar-refractivity contribution in [3.63, 3.8) is 0 Å². The summed E-state index contributed by atoms with van der Waals surface area (Å²) in [6, 6.07) is 13.2. The molecule has 2 aliphatic heterocycles. The van der Waals surface area contributed by atoms with Crippen molar-refractivity contribution in [2.75, 3.05) is 34.8 Å². The summed E-state index contributed by atoms with van der Waals surface area (Å²) in [5, 5.41) is 23.8. The van der Waals surface area contributed by atoms with E-state index in [0.717, 1.165) is 54.7 Å². The Morgan fingerprint density at radius 1 is 1.05 bits per heavy atom. The largest absolute Gasteiger partial charge is 0.392 e. The fraction of sp³-hybridized carbons (Fsp3) is 0.364. The highest BCUT2D eigenvalue weighted by Gasteiger charge is 2.36. The molecular formula is C33H36N6O4. The Kier molecular flexibility index (Phi) is 6.63. The summed E-state index contributed by atoms with van der Waals surface area (Å²) in [6.45, 7) is 3.90. The van der Waals surface area contributed by atoms with Crippen molar-refractivity contribution in [3.05, 3.63) is 87.7 Å². The van der Waals surface area contributed by atoms with Gasteiger partial charge in [0.1, 0.15) is 17.2 Å². The number of nitrogens with zero attached hydrogens (tertiary/aromatic N) is 5. The Balaban J connectivity index is 1.19. The van der Waals surface area contributed by atoms with E-state index in [1.807, 2.05) is 42.2 Å². The maximum atomic E-state index is 13.8. The summed E-state index contributed by atoms with van der Waals surface area (Å²) in [5.74, 6) is 0.470. The van der Waals surface area contributed by atoms with Gasteiger partial charge < -0.3 is 34.5 Å². The molecule has 1 aliphatic carbocycles. The van der Waals surface area contributed by atoms with E-state index in [0.29, 0.717) is 42.4 Å². The van der Waals surface area contributed by atoms with Gasteiger partial charge in [-0.15, -0.1) is 0 Å². The zero-order valence-corrected chi connectivity index (χ0v) is 24.5. The lowest BCUT2D eigenvalue weighted by atomic mass is 9.96. The molecule has 10 heteroatoms. The van der Waals surface area contributed by atoms with Crippen molar-refractivity contribution >= 4 is 28.8 Å². The number of aromatic nitrogens is 3. The van der Waals surface area contributed by atoms with Crippen LogP contribution < -0.4 is 20.7 Å². The van der Waals surface area contributed by atoms with Crippen LogP contribution in [0, 0.1) is 0 Å². The van der Waals surface area contributed by atoms with Gasteiger partial charge in [0.15, 0.2) is 0 Å². The predicted molar refractivity (Wildman–Crippen MR) is 166 cm³/mol. The summed E-state index contributed by atoms with van der Waals surface area (Å²) < 4.78 is 3.69. The standard InChI is InChI=1S/C33H36N6O4/c1-33(43)19-37(20-33)23-10-11-30(34-16-23)35-26-14-22(17-36(2)31(26)41)24-7-5-9-28(25(24)18-40)39-13-12-38-27-8-4-3-6-21(27)15-29(38)32(39)42/h5,7,9-11,14-17,40,43H,3-4,6,8,12-13,18-20H2,1-2H3,(H,34,35). The van der Waals surface area contributed by atoms with Crippen LogP contribution in [0.4, 0.5) is 22.9 Å². The minimum atomic E-state index is -0.680. The Morgan fingerprint density at radius 2 is 1.86 bits per heavy atom. The summed E-state index contributed by atoms with van der Waals surface area (Å²) >= 11 is 0. The van der Waals surface area contributed by atoms with E-state index in [4.69, 9.17) is 0 Å². The molecule has 0 radical (unpaired) electrons. The number of anilines is 4. The number of aryl methyl sites for hydroxylation is 2. The van der Waals surface area contributed by atoms with Crippen molar-refractivity contribution in [2.45, 2.75) is 51.4 Å². The average molecular weight is 581 g/mol. The zero-order chi connectivity index (χ0) is 29.9. The number of hydrogen-bond acceptors (Lipinski definition) is 7. The monoisotopic (exact) mass is 580 g/mol. The third-order valence-electron chi connectivity index (χ3n) is 8.95. The lowest BCUT2D eigenvalue weighted by molar-refractivity contribution is 0.0310. The molecule has 5 heterocycles. The van der Waals surface area contributed by atoms with Crippen molar-refractivity contribution in [1.82, 2.24) is 14.1 Å². The first-order valence-electron chi connectivity index (χ1n) is 14.9. The number of fused-ring (bicyclic) bond motifs is 3. The molecule has 7 rings (SSSR count). The van der Waals surface area contributed by atoms with Gasteiger partial charge in [-0.3, -0.25) is 9.59 Å². The summed E-state index contributed by atoms with van der Waals surface area (Å²) in [5.41, 5.74) is 6.47. The third kappa shape index (κ3) is 4.80. The maximum absolute atomic E-state index is 13.8. The van der Waals surface area contributed by atoms with Crippen molar-refractivity contribution in [1.29, 1.82) is 0 Å². The number of hydrogen-bond donors (Lipinski definition) is 3. The molecule has 0 saturated carbocycles. The molecule has 0 atom stereocenters. The van der Waals surface area contributed by atoms with Gasteiger partial charge in [-0.25, -0.2) is 4.98 Å². The highest BCUT2D eigenvalue weighted by atomic mass is 16.3. The summed E-state index contributed by atoms with van der Waals surface area (Å²) in [7, 11) is 1.69. The molecule has 1 amide bonds. The Labute approximate surface area is 249 Å². The molecule has 4 aromatic rings. The van der Waals surface area contributed by atoms with Crippen molar-refractivity contribution in [2.24, 2.45) is 7.05 Å². The third-order valence-corrected chi connectivity index (χ3v) is 8.95. The van der Waals surface area contributed by atoms with Crippen LogP contribution in [0.3, 0.4) is 0 Å². The SMILES string of the molecule is Cn1cc(-c2cccc(N3CCn4c(cc5c4CCCC5)C3=O)c2CO)cc(Nc2ccc(N3CC(C)(O)C3)cn2)c1=O. The van der Waals surface area contributed by atoms with E-state index in [1.54, 1.807) is 30.4 Å². The van der Waals surface area contributed by atoms with Crippen LogP contribution in [0.15, 0.2) is 59.7 Å². The second kappa shape index (κ2) is 10.4. The molecule has 3 aliphatic rings. The molecular weight excluding hydrogens is 544 g/mol. The number of aliphatic hydroxyl groups excluding tert-OH is 1. The molecule has 3 N–H and O–H groups in total. The van der Waals surface area contributed by atoms with Gasteiger partial charge >= 0.3 is 0 Å². The van der Waals surface area contributed by atoms with Crippen molar-refractivity contribution in [3.8, 4) is 11.1 Å². The molecule has 1 fully saturated rings. The van der Waals surface area contributed by atoms with Gasteiger partial charge in [0.05, 0.1) is 29.8 Å². The van der Waals surface area contributed by atoms with Crippen LogP contribution in [0.5, 0.6) is 0 Å². The lowest BCUT2D eigenvalue weighted by Crippen LogP contribution is -2.60. The number of amides is 1. The lowest BCUT2D eigenvalue weighted by Gasteiger charge is -2.45. The number of rotatable bonds is 6. The van der Waals surface area contributed by atoms with Gasteiger partial charge in [0, 0.05) is 56.2 Å². The topological polar surface area (TPSA) is 116 Å². The van der Waals surface area contributed by atoms with Gasteiger partial charge in [-0.05, 0) is 74.1 Å². The number of aliphatic hydroxyl groups is 2. The summed E-state index contributed by atoms with van der Waals surface area (Å²) in [4.78, 5) is 35.2. The number of carbonyl (C=O) groups excluding carboxylic acids is 1. The first kappa shape index (κ1) is 27.4. The molecule has 0 unspecified atom stereocenters. The van der Waals surface area contributed by atoms with Gasteiger partial charge in [-0.2, -0.15) is 0 Å². The van der Waals surface area contributed by atoms with E-state index < -0.39 is 5.60 Å². The number of carbonyl (C=O) groups is 1. The predicted octanol–water partition coefficient (Wildman–Crippen LogP) is 3.59. The molecule has 222 valence electrons. The molecule has 1 saturated heterocycles. The molecule has 1 aromatic carbocycles. The van der Waals surface area contributed by atoms with Crippen LogP contribution in [-0.4, -0.2) is 55.5 Å². The number of benzene rings is 1. The average Bonchev–Trinajstić information content (AvgIpc) is 3.38. The minimum absolute atomic E-state index is 0.0494. The van der Waals surface area contributed by atoms with E-state index in [-0.39, 0.29) is 18.1 Å². The molecule has 3 aromatic heterocycles. The molecule has 0 spiro atoms. The van der Waals surface area contributed by atoms with E-state index in [1.165, 1.54) is 15.8 Å². The number of pyridine rings is 2. The Morgan fingerprint density at radius 3 is 2.60 bits per heavy atom. The quantitative estimate of drug-likeness (QED) is 0.319. The number of β-amino-alcohol motifs (C(OH)–C–C–N with tert-alkyl or cyclic N) is 1. The van der Waals surface area contributed by atoms with Crippen LogP contribution in [0.25, 0.3) is 11.1 Å². The van der Waals surface area contributed by atoms with E-state index in [2.05, 4.69) is 20.9 Å². The fourth-order valence-corrected chi connectivity index (χ4v) is 6.82. The first-order valence-corrected chi connectivity index (χ1v) is 14.9. The van der Waals surface area contributed by atoms with Gasteiger partial charge in [-0.1, -0.05) is 12.1 Å². The van der Waals surface area contributed by atoms with E-state index >= 15 is 0 Å². The Bertz CT molecular complexity index is 1780. The smallest absolute Gasteiger partial charge is 0.274 e. The highest BCUT2D eigenvalue weighted by molar-refractivity contribution is 6.07. The van der Waals surface area contributed by atoms with Crippen LogP contribution in [0.2, 0.25) is 0 Å². The van der Waals surface area contributed by atoms with Gasteiger partial charge in [0.2, 0.25) is 0 Å². The molecule has 10 nitrogen and oxygen atoms in total. The minimum Gasteiger partial charge on any atom is -0.392 e. The van der Waals surface area contributed by atoms with Crippen molar-refractivity contribution < 1.29 is 15.0 Å².